The van der Waals surface area contributed by atoms with Gasteiger partial charge in [-0.15, -0.1) is 0 Å². The minimum Gasteiger partial charge on any atom is -0.349 e. The molecule has 1 aromatic carbocycles. The minimum atomic E-state index is 0.0373. The number of nitrogens with one attached hydrogen (secondary N) is 2. The summed E-state index contributed by atoms with van der Waals surface area (Å²) in [5.41, 5.74) is 1.11. The molecule has 1 aliphatic rings. The average molecular weight is 295 g/mol. The molecule has 3 nitrogen and oxygen atoms in total. The summed E-state index contributed by atoms with van der Waals surface area (Å²) in [6, 6.07) is 7.76. The first-order valence-electron chi connectivity index (χ1n) is 7.25. The van der Waals surface area contributed by atoms with Gasteiger partial charge in [-0.3, -0.25) is 4.79 Å². The van der Waals surface area contributed by atoms with Crippen LogP contribution in [0.2, 0.25) is 5.02 Å². The normalized spacial score (nSPS) is 18.4. The number of carbonyl (C=O) groups excluding carboxylic acids is 1. The maximum absolute atomic E-state index is 12.4. The van der Waals surface area contributed by atoms with E-state index >= 15 is 0 Å². The van der Waals surface area contributed by atoms with Gasteiger partial charge in [0.15, 0.2) is 0 Å². The predicted octanol–water partition coefficient (Wildman–Crippen LogP) is 3.01. The zero-order valence-corrected chi connectivity index (χ0v) is 13.1. The number of hydrogen-bond acceptors (Lipinski definition) is 2. The van der Waals surface area contributed by atoms with Crippen LogP contribution in [-0.2, 0) is 4.79 Å². The SMILES string of the molecule is CC(C)C(NC(=O)C(C)C1CNC1)c1ccc(Cl)cc1. The van der Waals surface area contributed by atoms with Crippen LogP contribution in [-0.4, -0.2) is 19.0 Å². The minimum absolute atomic E-state index is 0.0373. The van der Waals surface area contributed by atoms with Gasteiger partial charge in [-0.25, -0.2) is 0 Å². The fourth-order valence-electron chi connectivity index (χ4n) is 2.47. The van der Waals surface area contributed by atoms with Gasteiger partial charge in [-0.05, 0) is 42.6 Å². The quantitative estimate of drug-likeness (QED) is 0.876. The first kappa shape index (κ1) is 15.3. The van der Waals surface area contributed by atoms with E-state index in [0.29, 0.717) is 11.8 Å². The van der Waals surface area contributed by atoms with E-state index in [1.807, 2.05) is 31.2 Å². The Hall–Kier alpha value is -1.06. The van der Waals surface area contributed by atoms with E-state index in [9.17, 15) is 4.79 Å². The third-order valence-electron chi connectivity index (χ3n) is 4.13. The van der Waals surface area contributed by atoms with Gasteiger partial charge in [-0.2, -0.15) is 0 Å². The molecular weight excluding hydrogens is 272 g/mol. The number of hydrogen-bond donors (Lipinski definition) is 2. The molecule has 1 amide bonds. The Bertz CT molecular complexity index is 454. The largest absolute Gasteiger partial charge is 0.349 e. The summed E-state index contributed by atoms with van der Waals surface area (Å²) in [5, 5.41) is 7.13. The Labute approximate surface area is 126 Å². The predicted molar refractivity (Wildman–Crippen MR) is 82.7 cm³/mol. The molecule has 1 aromatic rings. The molecule has 2 N–H and O–H groups in total. The summed E-state index contributed by atoms with van der Waals surface area (Å²) in [6.07, 6.45) is 0. The van der Waals surface area contributed by atoms with Crippen LogP contribution >= 0.6 is 11.6 Å². The van der Waals surface area contributed by atoms with Gasteiger partial charge < -0.3 is 10.6 Å². The van der Waals surface area contributed by atoms with Crippen molar-refractivity contribution in [3.8, 4) is 0 Å². The van der Waals surface area contributed by atoms with E-state index in [0.717, 1.165) is 23.7 Å². The van der Waals surface area contributed by atoms with Gasteiger partial charge in [0.1, 0.15) is 0 Å². The molecule has 20 heavy (non-hydrogen) atoms. The van der Waals surface area contributed by atoms with E-state index in [-0.39, 0.29) is 17.9 Å². The van der Waals surface area contributed by atoms with Gasteiger partial charge in [0.05, 0.1) is 6.04 Å². The van der Waals surface area contributed by atoms with Crippen molar-refractivity contribution in [2.24, 2.45) is 17.8 Å². The van der Waals surface area contributed by atoms with Crippen LogP contribution in [0.25, 0.3) is 0 Å². The zero-order chi connectivity index (χ0) is 14.7. The lowest BCUT2D eigenvalue weighted by atomic mass is 9.87. The van der Waals surface area contributed by atoms with Crippen molar-refractivity contribution >= 4 is 17.5 Å². The van der Waals surface area contributed by atoms with E-state index in [4.69, 9.17) is 11.6 Å². The van der Waals surface area contributed by atoms with Crippen molar-refractivity contribution in [3.05, 3.63) is 34.9 Å². The summed E-state index contributed by atoms with van der Waals surface area (Å²) in [5.74, 6) is 1.01. The molecule has 0 radical (unpaired) electrons. The highest BCUT2D eigenvalue weighted by atomic mass is 35.5. The van der Waals surface area contributed by atoms with Crippen LogP contribution in [0.15, 0.2) is 24.3 Å². The average Bonchev–Trinajstić information content (AvgIpc) is 2.34. The van der Waals surface area contributed by atoms with Crippen LogP contribution in [0.5, 0.6) is 0 Å². The lowest BCUT2D eigenvalue weighted by Crippen LogP contribution is -2.50. The topological polar surface area (TPSA) is 41.1 Å². The summed E-state index contributed by atoms with van der Waals surface area (Å²) >= 11 is 5.93. The lowest BCUT2D eigenvalue weighted by molar-refractivity contribution is -0.127. The molecule has 1 aliphatic heterocycles. The molecule has 2 rings (SSSR count). The molecule has 4 heteroatoms. The molecule has 2 atom stereocenters. The third-order valence-corrected chi connectivity index (χ3v) is 4.38. The van der Waals surface area contributed by atoms with Gasteiger partial charge in [0.25, 0.3) is 0 Å². The van der Waals surface area contributed by atoms with Crippen molar-refractivity contribution in [2.75, 3.05) is 13.1 Å². The monoisotopic (exact) mass is 294 g/mol. The van der Waals surface area contributed by atoms with Gasteiger partial charge in [-0.1, -0.05) is 44.5 Å². The van der Waals surface area contributed by atoms with Crippen LogP contribution < -0.4 is 10.6 Å². The molecular formula is C16H23ClN2O. The highest BCUT2D eigenvalue weighted by Gasteiger charge is 2.30. The fourth-order valence-corrected chi connectivity index (χ4v) is 2.59. The number of carbonyl (C=O) groups is 1. The van der Waals surface area contributed by atoms with Crippen molar-refractivity contribution in [1.29, 1.82) is 0 Å². The first-order valence-corrected chi connectivity index (χ1v) is 7.63. The molecule has 110 valence electrons. The Kier molecular flexibility index (Phi) is 5.06. The smallest absolute Gasteiger partial charge is 0.223 e. The van der Waals surface area contributed by atoms with Crippen LogP contribution in [0.3, 0.4) is 0 Å². The molecule has 0 aliphatic carbocycles. The fraction of sp³-hybridized carbons (Fsp3) is 0.562. The molecule has 1 heterocycles. The van der Waals surface area contributed by atoms with Crippen molar-refractivity contribution in [2.45, 2.75) is 26.8 Å². The molecule has 1 fully saturated rings. The van der Waals surface area contributed by atoms with Gasteiger partial charge in [0.2, 0.25) is 5.91 Å². The molecule has 2 unspecified atom stereocenters. The number of amides is 1. The summed E-state index contributed by atoms with van der Waals surface area (Å²) in [4.78, 5) is 12.4. The molecule has 0 spiro atoms. The number of benzene rings is 1. The highest BCUT2D eigenvalue weighted by molar-refractivity contribution is 6.30. The van der Waals surface area contributed by atoms with Crippen molar-refractivity contribution in [3.63, 3.8) is 0 Å². The second-order valence-corrected chi connectivity index (χ2v) is 6.43. The van der Waals surface area contributed by atoms with Gasteiger partial charge in [0, 0.05) is 10.9 Å². The van der Waals surface area contributed by atoms with E-state index in [1.165, 1.54) is 0 Å². The van der Waals surface area contributed by atoms with E-state index < -0.39 is 0 Å². The van der Waals surface area contributed by atoms with Crippen LogP contribution in [0.4, 0.5) is 0 Å². The molecule has 0 bridgehead atoms. The molecule has 0 saturated carbocycles. The second-order valence-electron chi connectivity index (χ2n) is 5.99. The third kappa shape index (κ3) is 3.53. The maximum atomic E-state index is 12.4. The zero-order valence-electron chi connectivity index (χ0n) is 12.3. The van der Waals surface area contributed by atoms with Gasteiger partial charge >= 0.3 is 0 Å². The molecule has 0 aromatic heterocycles. The second kappa shape index (κ2) is 6.59. The lowest BCUT2D eigenvalue weighted by Gasteiger charge is -2.33. The Balaban J connectivity index is 2.05. The number of halogens is 1. The number of rotatable bonds is 5. The Morgan fingerprint density at radius 3 is 2.30 bits per heavy atom. The van der Waals surface area contributed by atoms with Crippen molar-refractivity contribution < 1.29 is 4.79 Å². The highest BCUT2D eigenvalue weighted by Crippen LogP contribution is 2.25. The van der Waals surface area contributed by atoms with Crippen molar-refractivity contribution in [1.82, 2.24) is 10.6 Å². The summed E-state index contributed by atoms with van der Waals surface area (Å²) < 4.78 is 0. The van der Waals surface area contributed by atoms with E-state index in [1.54, 1.807) is 0 Å². The maximum Gasteiger partial charge on any atom is 0.223 e. The molecule has 1 saturated heterocycles. The van der Waals surface area contributed by atoms with Crippen LogP contribution in [0, 0.1) is 17.8 Å². The van der Waals surface area contributed by atoms with Crippen LogP contribution in [0.1, 0.15) is 32.4 Å². The summed E-state index contributed by atoms with van der Waals surface area (Å²) in [6.45, 7) is 8.15. The first-order chi connectivity index (χ1) is 9.49. The standard InChI is InChI=1S/C16H23ClN2O/c1-10(2)15(12-4-6-14(17)7-5-12)19-16(20)11(3)13-8-18-9-13/h4-7,10-11,13,15,18H,8-9H2,1-3H3,(H,19,20). The Morgan fingerprint density at radius 2 is 1.85 bits per heavy atom. The summed E-state index contributed by atoms with van der Waals surface area (Å²) in [7, 11) is 0. The Morgan fingerprint density at radius 1 is 1.25 bits per heavy atom. The van der Waals surface area contributed by atoms with E-state index in [2.05, 4.69) is 24.5 Å².